The van der Waals surface area contributed by atoms with Crippen LogP contribution in [0, 0.1) is 0 Å². The average molecular weight is 363 g/mol. The summed E-state index contributed by atoms with van der Waals surface area (Å²) in [5, 5.41) is 6.96. The summed E-state index contributed by atoms with van der Waals surface area (Å²) >= 11 is 7.20. The predicted molar refractivity (Wildman–Crippen MR) is 106 cm³/mol. The van der Waals surface area contributed by atoms with Crippen molar-refractivity contribution in [3.63, 3.8) is 0 Å². The van der Waals surface area contributed by atoms with Crippen molar-refractivity contribution in [1.29, 1.82) is 0 Å². The first-order chi connectivity index (χ1) is 11.7. The van der Waals surface area contributed by atoms with Crippen molar-refractivity contribution in [3.05, 3.63) is 54.1 Å². The minimum absolute atomic E-state index is 0.600. The van der Waals surface area contributed by atoms with Crippen LogP contribution in [0.2, 0.25) is 0 Å². The molecule has 2 N–H and O–H groups in total. The fraction of sp³-hybridized carbons (Fsp3) is 0.278. The van der Waals surface area contributed by atoms with E-state index in [9.17, 15) is 0 Å². The zero-order chi connectivity index (χ0) is 17.2. The summed E-state index contributed by atoms with van der Waals surface area (Å²) in [5.74, 6) is 3.36. The molecule has 2 rings (SSSR count). The number of anilines is 1. The summed E-state index contributed by atoms with van der Waals surface area (Å²) in [4.78, 5) is 0. The van der Waals surface area contributed by atoms with Crippen LogP contribution in [0.1, 0.15) is 5.56 Å². The topological polar surface area (TPSA) is 42.5 Å². The molecule has 0 radical (unpaired) electrons. The summed E-state index contributed by atoms with van der Waals surface area (Å²) in [6, 6.07) is 16.1. The number of hydrogen-bond acceptors (Lipinski definition) is 4. The Bertz CT molecular complexity index is 651. The van der Waals surface area contributed by atoms with Gasteiger partial charge in [0.2, 0.25) is 0 Å². The lowest BCUT2D eigenvalue weighted by Crippen LogP contribution is -2.30. The van der Waals surface area contributed by atoms with Gasteiger partial charge in [0.1, 0.15) is 0 Å². The zero-order valence-electron chi connectivity index (χ0n) is 13.9. The van der Waals surface area contributed by atoms with Crippen LogP contribution < -0.4 is 20.1 Å². The molecule has 2 aromatic carbocycles. The third kappa shape index (κ3) is 5.94. The summed E-state index contributed by atoms with van der Waals surface area (Å²) < 4.78 is 10.5. The number of nitrogens with one attached hydrogen (secondary N) is 2. The molecule has 0 aliphatic carbocycles. The second-order valence-electron chi connectivity index (χ2n) is 4.99. The van der Waals surface area contributed by atoms with E-state index in [2.05, 4.69) is 34.9 Å². The number of ether oxygens (including phenoxy) is 2. The van der Waals surface area contributed by atoms with Crippen LogP contribution in [-0.4, -0.2) is 31.6 Å². The van der Waals surface area contributed by atoms with Crippen molar-refractivity contribution >= 4 is 34.8 Å². The summed E-state index contributed by atoms with van der Waals surface area (Å²) in [6.45, 7) is 0.816. The van der Waals surface area contributed by atoms with Gasteiger partial charge in [-0.2, -0.15) is 11.8 Å². The summed E-state index contributed by atoms with van der Waals surface area (Å²) in [5.41, 5.74) is 2.20. The minimum atomic E-state index is 0.600. The Balaban J connectivity index is 1.69. The van der Waals surface area contributed by atoms with Crippen molar-refractivity contribution < 1.29 is 9.47 Å². The molecule has 4 nitrogen and oxygen atoms in total. The van der Waals surface area contributed by atoms with E-state index < -0.39 is 0 Å². The number of benzene rings is 2. The predicted octanol–water partition coefficient (Wildman–Crippen LogP) is 3.92. The third-order valence-electron chi connectivity index (χ3n) is 3.28. The van der Waals surface area contributed by atoms with E-state index in [1.807, 2.05) is 36.0 Å². The Labute approximate surface area is 152 Å². The van der Waals surface area contributed by atoms with Crippen LogP contribution in [0.15, 0.2) is 48.5 Å². The quantitative estimate of drug-likeness (QED) is 0.548. The van der Waals surface area contributed by atoms with Crippen LogP contribution >= 0.6 is 24.0 Å². The highest BCUT2D eigenvalue weighted by molar-refractivity contribution is 7.98. The van der Waals surface area contributed by atoms with Crippen LogP contribution in [0.5, 0.6) is 11.5 Å². The van der Waals surface area contributed by atoms with Crippen LogP contribution in [0.3, 0.4) is 0 Å². The maximum atomic E-state index is 5.32. The largest absolute Gasteiger partial charge is 0.493 e. The lowest BCUT2D eigenvalue weighted by atomic mass is 10.2. The molecule has 0 heterocycles. The molecule has 6 heteroatoms. The number of methoxy groups -OCH3 is 2. The van der Waals surface area contributed by atoms with Gasteiger partial charge in [-0.1, -0.05) is 30.3 Å². The van der Waals surface area contributed by atoms with Gasteiger partial charge in [0.05, 0.1) is 14.2 Å². The number of thiocarbonyl (C=S) groups is 1. The van der Waals surface area contributed by atoms with E-state index in [1.165, 1.54) is 5.56 Å². The van der Waals surface area contributed by atoms with Crippen molar-refractivity contribution in [3.8, 4) is 11.5 Å². The zero-order valence-corrected chi connectivity index (χ0v) is 15.5. The molecule has 0 aliphatic rings. The SMILES string of the molecule is COc1ccc(NC(=S)NCCSCc2ccccc2)cc1OC. The summed E-state index contributed by atoms with van der Waals surface area (Å²) in [7, 11) is 3.23. The van der Waals surface area contributed by atoms with Gasteiger partial charge in [-0.3, -0.25) is 0 Å². The molecule has 0 unspecified atom stereocenters. The molecule has 0 atom stereocenters. The van der Waals surface area contributed by atoms with Crippen molar-refractivity contribution in [2.75, 3.05) is 31.8 Å². The first-order valence-electron chi connectivity index (χ1n) is 7.61. The molecule has 0 fully saturated rings. The second kappa shape index (κ2) is 10.1. The van der Waals surface area contributed by atoms with E-state index in [1.54, 1.807) is 14.2 Å². The standard InChI is InChI=1S/C18H22N2O2S2/c1-21-16-9-8-15(12-17(16)22-2)20-18(23)19-10-11-24-13-14-6-4-3-5-7-14/h3-9,12H,10-11,13H2,1-2H3,(H2,19,20,23). The molecule has 0 amide bonds. The van der Waals surface area contributed by atoms with Gasteiger partial charge in [-0.15, -0.1) is 0 Å². The van der Waals surface area contributed by atoms with Gasteiger partial charge in [0, 0.05) is 29.8 Å². The molecule has 0 bridgehead atoms. The number of thioether (sulfide) groups is 1. The molecule has 0 aromatic heterocycles. The molecule has 0 spiro atoms. The van der Waals surface area contributed by atoms with E-state index in [4.69, 9.17) is 21.7 Å². The van der Waals surface area contributed by atoms with Gasteiger partial charge >= 0.3 is 0 Å². The highest BCUT2D eigenvalue weighted by Gasteiger charge is 2.05. The van der Waals surface area contributed by atoms with Gasteiger partial charge in [-0.05, 0) is 29.9 Å². The lowest BCUT2D eigenvalue weighted by molar-refractivity contribution is 0.355. The highest BCUT2D eigenvalue weighted by Crippen LogP contribution is 2.29. The first-order valence-corrected chi connectivity index (χ1v) is 9.17. The minimum Gasteiger partial charge on any atom is -0.493 e. The highest BCUT2D eigenvalue weighted by atomic mass is 32.2. The van der Waals surface area contributed by atoms with Crippen molar-refractivity contribution in [2.24, 2.45) is 0 Å². The van der Waals surface area contributed by atoms with E-state index in [-0.39, 0.29) is 0 Å². The Hall–Kier alpha value is -1.92. The maximum absolute atomic E-state index is 5.32. The van der Waals surface area contributed by atoms with E-state index >= 15 is 0 Å². The van der Waals surface area contributed by atoms with Crippen molar-refractivity contribution in [2.45, 2.75) is 5.75 Å². The Morgan fingerprint density at radius 3 is 2.50 bits per heavy atom. The van der Waals surface area contributed by atoms with Crippen LogP contribution in [0.25, 0.3) is 0 Å². The van der Waals surface area contributed by atoms with Gasteiger partial charge < -0.3 is 20.1 Å². The van der Waals surface area contributed by atoms with Gasteiger partial charge in [0.15, 0.2) is 16.6 Å². The summed E-state index contributed by atoms with van der Waals surface area (Å²) in [6.07, 6.45) is 0. The first kappa shape index (κ1) is 18.4. The Morgan fingerprint density at radius 1 is 1.04 bits per heavy atom. The molecule has 128 valence electrons. The molecule has 0 aliphatic heterocycles. The van der Waals surface area contributed by atoms with Gasteiger partial charge in [-0.25, -0.2) is 0 Å². The molecular formula is C18H22N2O2S2. The smallest absolute Gasteiger partial charge is 0.170 e. The molecule has 2 aromatic rings. The maximum Gasteiger partial charge on any atom is 0.170 e. The molecular weight excluding hydrogens is 340 g/mol. The van der Waals surface area contributed by atoms with E-state index in [0.29, 0.717) is 16.6 Å². The molecule has 24 heavy (non-hydrogen) atoms. The molecule has 0 saturated heterocycles. The van der Waals surface area contributed by atoms with Gasteiger partial charge in [0.25, 0.3) is 0 Å². The Morgan fingerprint density at radius 2 is 1.79 bits per heavy atom. The normalized spacial score (nSPS) is 10.1. The fourth-order valence-electron chi connectivity index (χ4n) is 2.09. The Kier molecular flexibility index (Phi) is 7.71. The number of rotatable bonds is 8. The van der Waals surface area contributed by atoms with Crippen LogP contribution in [0.4, 0.5) is 5.69 Å². The monoisotopic (exact) mass is 362 g/mol. The van der Waals surface area contributed by atoms with Crippen molar-refractivity contribution in [1.82, 2.24) is 5.32 Å². The number of hydrogen-bond donors (Lipinski definition) is 2. The van der Waals surface area contributed by atoms with Crippen LogP contribution in [-0.2, 0) is 5.75 Å². The third-order valence-corrected chi connectivity index (χ3v) is 4.56. The van der Waals surface area contributed by atoms with E-state index in [0.717, 1.165) is 23.7 Å². The molecule has 0 saturated carbocycles. The second-order valence-corrected chi connectivity index (χ2v) is 6.50. The fourth-order valence-corrected chi connectivity index (χ4v) is 3.13. The lowest BCUT2D eigenvalue weighted by Gasteiger charge is -2.13. The average Bonchev–Trinajstić information content (AvgIpc) is 2.62.